The van der Waals surface area contributed by atoms with Crippen molar-refractivity contribution in [2.45, 2.75) is 25.3 Å². The largest absolute Gasteiger partial charge is 0.357 e. The third kappa shape index (κ3) is 6.40. The lowest BCUT2D eigenvalue weighted by molar-refractivity contribution is -0.138. The van der Waals surface area contributed by atoms with E-state index in [0.29, 0.717) is 15.8 Å². The summed E-state index contributed by atoms with van der Waals surface area (Å²) in [4.78, 5) is 26.4. The van der Waals surface area contributed by atoms with Crippen molar-refractivity contribution in [3.63, 3.8) is 0 Å². The summed E-state index contributed by atoms with van der Waals surface area (Å²) in [7, 11) is 1.53. The number of amides is 2. The van der Waals surface area contributed by atoms with Crippen molar-refractivity contribution in [3.8, 4) is 0 Å². The van der Waals surface area contributed by atoms with E-state index in [0.717, 1.165) is 11.1 Å². The first-order valence-electron chi connectivity index (χ1n) is 8.59. The molecule has 0 saturated carbocycles. The molecule has 0 radical (unpaired) electrons. The molecule has 0 bridgehead atoms. The summed E-state index contributed by atoms with van der Waals surface area (Å²) in [6.07, 6.45) is 0. The van der Waals surface area contributed by atoms with Crippen LogP contribution in [0.2, 0.25) is 10.0 Å². The molecule has 0 heterocycles. The van der Waals surface area contributed by atoms with Gasteiger partial charge >= 0.3 is 0 Å². The Morgan fingerprint density at radius 1 is 1.11 bits per heavy atom. The summed E-state index contributed by atoms with van der Waals surface area (Å²) in [5.41, 5.74) is 1.71. The second-order valence-electron chi connectivity index (χ2n) is 6.18. The zero-order valence-electron chi connectivity index (χ0n) is 15.5. The number of hydrogen-bond donors (Lipinski definition) is 1. The number of hydrogen-bond acceptors (Lipinski definition) is 3. The number of thioether (sulfide) groups is 1. The molecule has 0 saturated heterocycles. The lowest BCUT2D eigenvalue weighted by Gasteiger charge is -2.28. The smallest absolute Gasteiger partial charge is 0.242 e. The van der Waals surface area contributed by atoms with Crippen LogP contribution in [0.5, 0.6) is 0 Å². The molecule has 2 aromatic rings. The van der Waals surface area contributed by atoms with Crippen molar-refractivity contribution in [1.29, 1.82) is 0 Å². The van der Waals surface area contributed by atoms with Crippen LogP contribution in [0, 0.1) is 5.82 Å². The molecule has 2 amide bonds. The highest BCUT2D eigenvalue weighted by Crippen LogP contribution is 2.25. The number of nitrogens with zero attached hydrogens (tertiary/aromatic N) is 1. The molecular formula is C20H21Cl2FN2O2S. The summed E-state index contributed by atoms with van der Waals surface area (Å²) in [6.45, 7) is 1.89. The normalized spacial score (nSPS) is 11.8. The fraction of sp³-hybridized carbons (Fsp3) is 0.300. The van der Waals surface area contributed by atoms with E-state index in [2.05, 4.69) is 5.32 Å². The maximum Gasteiger partial charge on any atom is 0.242 e. The molecule has 0 aliphatic rings. The first kappa shape index (κ1) is 22.5. The van der Waals surface area contributed by atoms with Gasteiger partial charge in [0.15, 0.2) is 0 Å². The van der Waals surface area contributed by atoms with E-state index in [9.17, 15) is 14.0 Å². The number of rotatable bonds is 8. The molecule has 4 nitrogen and oxygen atoms in total. The van der Waals surface area contributed by atoms with Crippen LogP contribution in [0.25, 0.3) is 0 Å². The fourth-order valence-corrected chi connectivity index (χ4v) is 3.73. The Bertz CT molecular complexity index is 833. The predicted octanol–water partition coefficient (Wildman–Crippen LogP) is 4.53. The SMILES string of the molecule is CNC(=O)C(C)N(Cc1ccc(F)cc1)C(=O)CSCc1ccc(Cl)c(Cl)c1. The van der Waals surface area contributed by atoms with E-state index >= 15 is 0 Å². The molecule has 150 valence electrons. The monoisotopic (exact) mass is 442 g/mol. The Morgan fingerprint density at radius 3 is 2.36 bits per heavy atom. The number of benzene rings is 2. The molecule has 2 aromatic carbocycles. The van der Waals surface area contributed by atoms with E-state index in [1.807, 2.05) is 6.07 Å². The van der Waals surface area contributed by atoms with Crippen molar-refractivity contribution in [1.82, 2.24) is 10.2 Å². The third-order valence-corrected chi connectivity index (χ3v) is 5.89. The minimum absolute atomic E-state index is 0.175. The maximum atomic E-state index is 13.1. The van der Waals surface area contributed by atoms with Gasteiger partial charge in [-0.05, 0) is 42.3 Å². The zero-order valence-corrected chi connectivity index (χ0v) is 17.9. The van der Waals surface area contributed by atoms with Gasteiger partial charge in [0.05, 0.1) is 15.8 Å². The minimum Gasteiger partial charge on any atom is -0.357 e. The van der Waals surface area contributed by atoms with Crippen molar-refractivity contribution >= 4 is 46.8 Å². The average Bonchev–Trinajstić information content (AvgIpc) is 2.69. The Labute approximate surface area is 178 Å². The van der Waals surface area contributed by atoms with Gasteiger partial charge in [-0.3, -0.25) is 9.59 Å². The predicted molar refractivity (Wildman–Crippen MR) is 113 cm³/mol. The molecule has 0 aromatic heterocycles. The molecule has 2 rings (SSSR count). The third-order valence-electron chi connectivity index (χ3n) is 4.16. The second-order valence-corrected chi connectivity index (χ2v) is 7.98. The van der Waals surface area contributed by atoms with Crippen LogP contribution < -0.4 is 5.32 Å². The molecule has 0 spiro atoms. The Balaban J connectivity index is 2.03. The van der Waals surface area contributed by atoms with E-state index < -0.39 is 6.04 Å². The van der Waals surface area contributed by atoms with E-state index in [1.54, 1.807) is 31.2 Å². The van der Waals surface area contributed by atoms with Gasteiger partial charge in [-0.15, -0.1) is 11.8 Å². The van der Waals surface area contributed by atoms with Gasteiger partial charge in [0, 0.05) is 19.3 Å². The van der Waals surface area contributed by atoms with Gasteiger partial charge < -0.3 is 10.2 Å². The first-order chi connectivity index (χ1) is 13.3. The highest BCUT2D eigenvalue weighted by Gasteiger charge is 2.25. The van der Waals surface area contributed by atoms with Gasteiger partial charge in [-0.25, -0.2) is 4.39 Å². The van der Waals surface area contributed by atoms with Crippen LogP contribution >= 0.6 is 35.0 Å². The van der Waals surface area contributed by atoms with E-state index in [-0.39, 0.29) is 29.9 Å². The first-order valence-corrected chi connectivity index (χ1v) is 10.5. The van der Waals surface area contributed by atoms with Crippen LogP contribution in [-0.2, 0) is 21.9 Å². The topological polar surface area (TPSA) is 49.4 Å². The number of halogens is 3. The van der Waals surface area contributed by atoms with Crippen LogP contribution in [0.3, 0.4) is 0 Å². The fourth-order valence-electron chi connectivity index (χ4n) is 2.55. The van der Waals surface area contributed by atoms with Gasteiger partial charge in [0.1, 0.15) is 11.9 Å². The van der Waals surface area contributed by atoms with E-state index in [4.69, 9.17) is 23.2 Å². The standard InChI is InChI=1S/C20H21Cl2FN2O2S/c1-13(20(27)24-2)25(10-14-3-6-16(23)7-4-14)19(26)12-28-11-15-5-8-17(21)18(22)9-15/h3-9,13H,10-12H2,1-2H3,(H,24,27). The van der Waals surface area contributed by atoms with Crippen LogP contribution in [0.1, 0.15) is 18.1 Å². The molecule has 1 atom stereocenters. The summed E-state index contributed by atoms with van der Waals surface area (Å²) < 4.78 is 13.1. The molecule has 1 unspecified atom stereocenters. The Morgan fingerprint density at radius 2 is 1.75 bits per heavy atom. The molecule has 28 heavy (non-hydrogen) atoms. The average molecular weight is 443 g/mol. The summed E-state index contributed by atoms with van der Waals surface area (Å²) in [5, 5.41) is 3.51. The maximum absolute atomic E-state index is 13.1. The van der Waals surface area contributed by atoms with Crippen LogP contribution in [0.4, 0.5) is 4.39 Å². The number of nitrogens with one attached hydrogen (secondary N) is 1. The van der Waals surface area contributed by atoms with E-state index in [1.165, 1.54) is 35.8 Å². The molecular weight excluding hydrogens is 422 g/mol. The van der Waals surface area contributed by atoms with Gasteiger partial charge in [0.25, 0.3) is 0 Å². The summed E-state index contributed by atoms with van der Waals surface area (Å²) in [5.74, 6) is -0.00182. The van der Waals surface area contributed by atoms with Gasteiger partial charge in [-0.1, -0.05) is 41.4 Å². The minimum atomic E-state index is -0.645. The lowest BCUT2D eigenvalue weighted by Crippen LogP contribution is -2.47. The molecule has 1 N–H and O–H groups in total. The summed E-state index contributed by atoms with van der Waals surface area (Å²) in [6, 6.07) is 10.6. The molecule has 0 aliphatic heterocycles. The zero-order chi connectivity index (χ0) is 20.7. The Kier molecular flexibility index (Phi) is 8.60. The number of carbonyl (C=O) groups excluding carboxylic acids is 2. The molecule has 0 aliphatic carbocycles. The quantitative estimate of drug-likeness (QED) is 0.653. The van der Waals surface area contributed by atoms with Crippen LogP contribution in [-0.4, -0.2) is 35.6 Å². The Hall–Kier alpha value is -1.76. The van der Waals surface area contributed by atoms with Crippen molar-refractivity contribution < 1.29 is 14.0 Å². The number of likely N-dealkylation sites (N-methyl/N-ethyl adjacent to an activating group) is 1. The molecule has 0 fully saturated rings. The van der Waals surface area contributed by atoms with Crippen molar-refractivity contribution in [3.05, 3.63) is 69.5 Å². The number of carbonyl (C=O) groups is 2. The molecule has 8 heteroatoms. The van der Waals surface area contributed by atoms with Crippen molar-refractivity contribution in [2.75, 3.05) is 12.8 Å². The second kappa shape index (κ2) is 10.7. The highest BCUT2D eigenvalue weighted by atomic mass is 35.5. The summed E-state index contributed by atoms with van der Waals surface area (Å²) >= 11 is 13.3. The van der Waals surface area contributed by atoms with Gasteiger partial charge in [0.2, 0.25) is 11.8 Å². The van der Waals surface area contributed by atoms with Crippen molar-refractivity contribution in [2.24, 2.45) is 0 Å². The van der Waals surface area contributed by atoms with Gasteiger partial charge in [-0.2, -0.15) is 0 Å². The highest BCUT2D eigenvalue weighted by molar-refractivity contribution is 7.99. The van der Waals surface area contributed by atoms with Crippen LogP contribution in [0.15, 0.2) is 42.5 Å². The lowest BCUT2D eigenvalue weighted by atomic mass is 10.1.